The zero-order valence-electron chi connectivity index (χ0n) is 14.0. The van der Waals surface area contributed by atoms with Crippen molar-refractivity contribution < 1.29 is 14.3 Å². The number of rotatable bonds is 6. The topological polar surface area (TPSA) is 52.8 Å². The van der Waals surface area contributed by atoms with Gasteiger partial charge in [0.1, 0.15) is 21.7 Å². The molecule has 130 valence electrons. The predicted molar refractivity (Wildman–Crippen MR) is 102 cm³/mol. The number of hydrogen-bond acceptors (Lipinski definition) is 5. The minimum atomic E-state index is -0.176. The molecule has 1 aromatic carbocycles. The average Bonchev–Trinajstić information content (AvgIpc) is 3.23. The van der Waals surface area contributed by atoms with Gasteiger partial charge in [-0.15, -0.1) is 17.9 Å². The van der Waals surface area contributed by atoms with Crippen LogP contribution in [0.3, 0.4) is 0 Å². The maximum Gasteiger partial charge on any atom is 0.253 e. The highest BCUT2D eigenvalue weighted by Crippen LogP contribution is 2.35. The van der Waals surface area contributed by atoms with Crippen molar-refractivity contribution in [3.8, 4) is 11.5 Å². The van der Waals surface area contributed by atoms with Crippen molar-refractivity contribution >= 4 is 38.8 Å². The summed E-state index contributed by atoms with van der Waals surface area (Å²) in [6.45, 7) is 4.33. The molecule has 0 radical (unpaired) electrons. The largest absolute Gasteiger partial charge is 0.495 e. The van der Waals surface area contributed by atoms with E-state index in [1.54, 1.807) is 31.6 Å². The molecule has 0 saturated carbocycles. The summed E-state index contributed by atoms with van der Waals surface area (Å²) in [5, 5.41) is 1.95. The first-order valence-electron chi connectivity index (χ1n) is 7.63. The van der Waals surface area contributed by atoms with Gasteiger partial charge in [-0.25, -0.2) is 0 Å². The highest BCUT2D eigenvalue weighted by Gasteiger charge is 2.16. The lowest BCUT2D eigenvalue weighted by atomic mass is 10.3. The fourth-order valence-electron chi connectivity index (χ4n) is 2.55. The summed E-state index contributed by atoms with van der Waals surface area (Å²) in [7, 11) is 3.24. The Morgan fingerprint density at radius 3 is 2.68 bits per heavy atom. The van der Waals surface area contributed by atoms with E-state index in [0.29, 0.717) is 23.5 Å². The molecule has 0 saturated heterocycles. The van der Waals surface area contributed by atoms with Crippen molar-refractivity contribution in [2.75, 3.05) is 14.2 Å². The van der Waals surface area contributed by atoms with Crippen molar-refractivity contribution in [2.24, 2.45) is 4.99 Å². The number of allylic oxidation sites excluding steroid dienone is 1. The molecule has 2 heterocycles. The minimum Gasteiger partial charge on any atom is -0.495 e. The smallest absolute Gasteiger partial charge is 0.253 e. The SMILES string of the molecule is C=CCn1c(=NC(=O)Cc2cccs2)sc2c(OC)ccc(OC)c21. The number of fused-ring (bicyclic) bond motifs is 1. The number of nitrogens with zero attached hydrogens (tertiary/aromatic N) is 2. The summed E-state index contributed by atoms with van der Waals surface area (Å²) in [6, 6.07) is 7.57. The van der Waals surface area contributed by atoms with Gasteiger partial charge >= 0.3 is 0 Å². The van der Waals surface area contributed by atoms with Crippen LogP contribution in [0.15, 0.2) is 47.3 Å². The lowest BCUT2D eigenvalue weighted by Gasteiger charge is -2.08. The molecule has 0 bridgehead atoms. The van der Waals surface area contributed by atoms with Crippen LogP contribution < -0.4 is 14.3 Å². The summed E-state index contributed by atoms with van der Waals surface area (Å²) in [4.78, 5) is 18.3. The van der Waals surface area contributed by atoms with Crippen LogP contribution in [0.2, 0.25) is 0 Å². The number of aromatic nitrogens is 1. The molecule has 0 aliphatic heterocycles. The lowest BCUT2D eigenvalue weighted by Crippen LogP contribution is -2.17. The Kier molecular flexibility index (Phi) is 5.35. The van der Waals surface area contributed by atoms with Gasteiger partial charge in [0.15, 0.2) is 4.80 Å². The summed E-state index contributed by atoms with van der Waals surface area (Å²) in [5.74, 6) is 1.26. The number of hydrogen-bond donors (Lipinski definition) is 0. The molecule has 0 spiro atoms. The molecule has 0 aliphatic carbocycles. The quantitative estimate of drug-likeness (QED) is 0.619. The number of carbonyl (C=O) groups excluding carboxylic acids is 1. The number of thiophene rings is 1. The van der Waals surface area contributed by atoms with Gasteiger partial charge in [0.25, 0.3) is 5.91 Å². The van der Waals surface area contributed by atoms with Crippen molar-refractivity contribution in [1.29, 1.82) is 0 Å². The highest BCUT2D eigenvalue weighted by molar-refractivity contribution is 7.16. The fraction of sp³-hybridized carbons (Fsp3) is 0.222. The molecule has 0 N–H and O–H groups in total. The zero-order valence-corrected chi connectivity index (χ0v) is 15.7. The summed E-state index contributed by atoms with van der Waals surface area (Å²) >= 11 is 2.96. The fourth-order valence-corrected chi connectivity index (χ4v) is 4.41. The first-order chi connectivity index (χ1) is 12.2. The number of amides is 1. The Hall–Kier alpha value is -2.38. The van der Waals surface area contributed by atoms with Crippen molar-refractivity contribution in [1.82, 2.24) is 4.57 Å². The van der Waals surface area contributed by atoms with E-state index in [1.807, 2.05) is 34.2 Å². The van der Waals surface area contributed by atoms with Crippen LogP contribution in [0.4, 0.5) is 0 Å². The number of methoxy groups -OCH3 is 2. The maximum atomic E-state index is 12.4. The van der Waals surface area contributed by atoms with Crippen LogP contribution >= 0.6 is 22.7 Å². The van der Waals surface area contributed by atoms with E-state index in [-0.39, 0.29) is 5.91 Å². The Morgan fingerprint density at radius 2 is 2.04 bits per heavy atom. The molecule has 0 fully saturated rings. The van der Waals surface area contributed by atoms with Crippen molar-refractivity contribution in [2.45, 2.75) is 13.0 Å². The molecule has 25 heavy (non-hydrogen) atoms. The first-order valence-corrected chi connectivity index (χ1v) is 9.32. The van der Waals surface area contributed by atoms with E-state index in [4.69, 9.17) is 9.47 Å². The monoisotopic (exact) mass is 374 g/mol. The van der Waals surface area contributed by atoms with Gasteiger partial charge in [-0.05, 0) is 23.6 Å². The van der Waals surface area contributed by atoms with Gasteiger partial charge in [-0.1, -0.05) is 23.5 Å². The second kappa shape index (κ2) is 7.67. The molecule has 0 unspecified atom stereocenters. The van der Waals surface area contributed by atoms with Crippen LogP contribution in [-0.4, -0.2) is 24.7 Å². The van der Waals surface area contributed by atoms with Gasteiger partial charge in [0.2, 0.25) is 0 Å². The number of benzene rings is 1. The van der Waals surface area contributed by atoms with E-state index >= 15 is 0 Å². The third kappa shape index (κ3) is 3.52. The maximum absolute atomic E-state index is 12.4. The number of ether oxygens (including phenoxy) is 2. The van der Waals surface area contributed by atoms with Crippen molar-refractivity contribution in [3.63, 3.8) is 0 Å². The first kappa shape index (κ1) is 17.4. The molecule has 2 aromatic heterocycles. The number of thiazole rings is 1. The van der Waals surface area contributed by atoms with Gasteiger partial charge in [-0.3, -0.25) is 4.79 Å². The van der Waals surface area contributed by atoms with Gasteiger partial charge in [0, 0.05) is 11.4 Å². The molecular formula is C18H18N2O3S2. The summed E-state index contributed by atoms with van der Waals surface area (Å²) in [5.41, 5.74) is 0.856. The Labute approximate surface area is 153 Å². The van der Waals surface area contributed by atoms with Gasteiger partial charge in [0.05, 0.1) is 20.6 Å². The molecule has 3 aromatic rings. The Morgan fingerprint density at radius 1 is 1.28 bits per heavy atom. The molecule has 5 nitrogen and oxygen atoms in total. The van der Waals surface area contributed by atoms with E-state index in [9.17, 15) is 4.79 Å². The third-order valence-electron chi connectivity index (χ3n) is 3.63. The second-order valence-corrected chi connectivity index (χ2v) is 7.20. The normalized spacial score (nSPS) is 11.7. The van der Waals surface area contributed by atoms with Crippen LogP contribution in [-0.2, 0) is 17.8 Å². The highest BCUT2D eigenvalue weighted by atomic mass is 32.1. The van der Waals surface area contributed by atoms with E-state index in [0.717, 1.165) is 20.8 Å². The van der Waals surface area contributed by atoms with E-state index in [1.165, 1.54) is 11.3 Å². The van der Waals surface area contributed by atoms with Crippen LogP contribution in [0, 0.1) is 0 Å². The van der Waals surface area contributed by atoms with Crippen molar-refractivity contribution in [3.05, 3.63) is 52.0 Å². The van der Waals surface area contributed by atoms with Gasteiger partial charge < -0.3 is 14.0 Å². The van der Waals surface area contributed by atoms with Crippen LogP contribution in [0.1, 0.15) is 4.88 Å². The van der Waals surface area contributed by atoms with Gasteiger partial charge in [-0.2, -0.15) is 4.99 Å². The third-order valence-corrected chi connectivity index (χ3v) is 5.60. The molecule has 7 heteroatoms. The molecule has 0 aliphatic rings. The summed E-state index contributed by atoms with van der Waals surface area (Å²) in [6.07, 6.45) is 2.07. The second-order valence-electron chi connectivity index (χ2n) is 5.19. The van der Waals surface area contributed by atoms with E-state index in [2.05, 4.69) is 11.6 Å². The standard InChI is InChI=1S/C18H18N2O3S2/c1-4-9-20-16-13(22-2)7-8-14(23-3)17(16)25-18(20)19-15(21)11-12-6-5-10-24-12/h4-8,10H,1,9,11H2,2-3H3. The lowest BCUT2D eigenvalue weighted by molar-refractivity contribution is -0.117. The average molecular weight is 374 g/mol. The van der Waals surface area contributed by atoms with E-state index < -0.39 is 0 Å². The molecule has 3 rings (SSSR count). The Balaban J connectivity index is 2.16. The molecule has 1 amide bonds. The summed E-state index contributed by atoms with van der Waals surface area (Å²) < 4.78 is 13.8. The van der Waals surface area contributed by atoms with Crippen LogP contribution in [0.25, 0.3) is 10.2 Å². The number of carbonyl (C=O) groups is 1. The zero-order chi connectivity index (χ0) is 17.8. The molecular weight excluding hydrogens is 356 g/mol. The minimum absolute atomic E-state index is 0.176. The van der Waals surface area contributed by atoms with Crippen LogP contribution in [0.5, 0.6) is 11.5 Å². The predicted octanol–water partition coefficient (Wildman–Crippen LogP) is 3.64. The Bertz CT molecular complexity index is 968. The molecule has 0 atom stereocenters.